The highest BCUT2D eigenvalue weighted by Crippen LogP contribution is 2.32. The molecule has 1 aromatic heterocycles. The minimum atomic E-state index is -0.469. The van der Waals surface area contributed by atoms with Crippen LogP contribution in [0.1, 0.15) is 47.2 Å². The van der Waals surface area contributed by atoms with Crippen LogP contribution in [0.3, 0.4) is 0 Å². The summed E-state index contributed by atoms with van der Waals surface area (Å²) in [7, 11) is 0. The molecule has 0 spiro atoms. The molecule has 3 aromatic rings. The van der Waals surface area contributed by atoms with Crippen molar-refractivity contribution >= 4 is 28.8 Å². The zero-order valence-electron chi connectivity index (χ0n) is 16.8. The molecular formula is C22H22FN3O3S. The van der Waals surface area contributed by atoms with Crippen LogP contribution in [-0.4, -0.2) is 21.9 Å². The van der Waals surface area contributed by atoms with Crippen molar-refractivity contribution < 1.29 is 19.1 Å². The smallest absolute Gasteiger partial charge is 0.255 e. The van der Waals surface area contributed by atoms with Gasteiger partial charge in [0.25, 0.3) is 5.91 Å². The molecule has 0 saturated heterocycles. The summed E-state index contributed by atoms with van der Waals surface area (Å²) < 4.78 is 13.2. The molecule has 0 aliphatic heterocycles. The van der Waals surface area contributed by atoms with Crippen LogP contribution in [0.25, 0.3) is 10.6 Å². The van der Waals surface area contributed by atoms with Crippen molar-refractivity contribution in [2.75, 3.05) is 5.32 Å². The number of anilines is 1. The molecule has 8 heteroatoms. The van der Waals surface area contributed by atoms with Crippen LogP contribution >= 0.6 is 11.3 Å². The fraction of sp³-hybridized carbons (Fsp3) is 0.227. The van der Waals surface area contributed by atoms with E-state index < -0.39 is 5.91 Å². The predicted octanol–water partition coefficient (Wildman–Crippen LogP) is 4.80. The number of amides is 2. The topological polar surface area (TPSA) is 91.3 Å². The number of thiazole rings is 1. The molecule has 0 bridgehead atoms. The first-order chi connectivity index (χ1) is 14.3. The quantitative estimate of drug-likeness (QED) is 0.493. The number of aromatic nitrogens is 1. The number of hydrogen-bond donors (Lipinski definition) is 3. The normalized spacial score (nSPS) is 11.7. The molecule has 1 atom stereocenters. The van der Waals surface area contributed by atoms with Gasteiger partial charge < -0.3 is 15.7 Å². The summed E-state index contributed by atoms with van der Waals surface area (Å²) in [6, 6.07) is 10.1. The number of phenols is 1. The minimum absolute atomic E-state index is 0.0664. The van der Waals surface area contributed by atoms with Crippen molar-refractivity contribution in [3.8, 4) is 16.3 Å². The second-order valence-corrected chi connectivity index (χ2v) is 7.84. The van der Waals surface area contributed by atoms with Crippen LogP contribution in [0.4, 0.5) is 10.1 Å². The largest absolute Gasteiger partial charge is 0.507 e. The van der Waals surface area contributed by atoms with E-state index in [1.165, 1.54) is 41.7 Å². The number of benzene rings is 2. The Hall–Kier alpha value is -3.26. The third-order valence-corrected chi connectivity index (χ3v) is 5.90. The van der Waals surface area contributed by atoms with E-state index >= 15 is 0 Å². The van der Waals surface area contributed by atoms with Gasteiger partial charge in [-0.1, -0.05) is 6.92 Å². The molecule has 0 radical (unpaired) electrons. The summed E-state index contributed by atoms with van der Waals surface area (Å²) in [5.41, 5.74) is 2.06. The van der Waals surface area contributed by atoms with Crippen molar-refractivity contribution in [1.82, 2.24) is 10.3 Å². The van der Waals surface area contributed by atoms with Gasteiger partial charge >= 0.3 is 0 Å². The number of nitrogens with one attached hydrogen (secondary N) is 2. The van der Waals surface area contributed by atoms with Crippen molar-refractivity contribution in [3.63, 3.8) is 0 Å². The fourth-order valence-corrected chi connectivity index (χ4v) is 3.98. The van der Waals surface area contributed by atoms with Gasteiger partial charge in [-0.3, -0.25) is 9.59 Å². The number of halogens is 1. The lowest BCUT2D eigenvalue weighted by molar-refractivity contribution is -0.115. The first kappa shape index (κ1) is 21.4. The van der Waals surface area contributed by atoms with Gasteiger partial charge in [0, 0.05) is 17.7 Å². The molecule has 30 heavy (non-hydrogen) atoms. The Labute approximate surface area is 177 Å². The average Bonchev–Trinajstić information content (AvgIpc) is 3.11. The molecule has 6 nitrogen and oxygen atoms in total. The van der Waals surface area contributed by atoms with Crippen LogP contribution < -0.4 is 10.6 Å². The van der Waals surface area contributed by atoms with E-state index in [2.05, 4.69) is 15.6 Å². The van der Waals surface area contributed by atoms with Crippen LogP contribution in [0.2, 0.25) is 0 Å². The van der Waals surface area contributed by atoms with E-state index in [9.17, 15) is 19.1 Å². The standard InChI is InChI=1S/C22H22FN3O3S/c1-4-19(28)26-16-9-10-18(27)17(11-16)21(29)24-12(2)20-13(3)25-22(30-20)14-5-7-15(23)8-6-14/h5-12,27H,4H2,1-3H3,(H,24,29)(H,26,28). The van der Waals surface area contributed by atoms with E-state index in [0.29, 0.717) is 12.1 Å². The zero-order valence-corrected chi connectivity index (χ0v) is 17.6. The minimum Gasteiger partial charge on any atom is -0.507 e. The third kappa shape index (κ3) is 4.83. The number of nitrogens with zero attached hydrogens (tertiary/aromatic N) is 1. The Morgan fingerprint density at radius 1 is 1.20 bits per heavy atom. The molecule has 1 heterocycles. The number of carbonyl (C=O) groups excluding carboxylic acids is 2. The Balaban J connectivity index is 1.78. The van der Waals surface area contributed by atoms with Gasteiger partial charge in [-0.05, 0) is 56.3 Å². The van der Waals surface area contributed by atoms with E-state index in [1.54, 1.807) is 19.1 Å². The maximum Gasteiger partial charge on any atom is 0.255 e. The molecule has 2 aromatic carbocycles. The Morgan fingerprint density at radius 2 is 1.90 bits per heavy atom. The van der Waals surface area contributed by atoms with E-state index in [4.69, 9.17) is 0 Å². The number of carbonyl (C=O) groups is 2. The second-order valence-electron chi connectivity index (χ2n) is 6.80. The van der Waals surface area contributed by atoms with E-state index in [-0.39, 0.29) is 29.1 Å². The molecule has 2 amide bonds. The number of aryl methyl sites for hydroxylation is 1. The van der Waals surface area contributed by atoms with E-state index in [0.717, 1.165) is 21.1 Å². The molecule has 1 unspecified atom stereocenters. The Kier molecular flexibility index (Phi) is 6.47. The summed E-state index contributed by atoms with van der Waals surface area (Å²) in [6.07, 6.45) is 0.306. The van der Waals surface area contributed by atoms with Crippen molar-refractivity contribution in [2.24, 2.45) is 0 Å². The van der Waals surface area contributed by atoms with Gasteiger partial charge in [-0.15, -0.1) is 11.3 Å². The lowest BCUT2D eigenvalue weighted by atomic mass is 10.1. The van der Waals surface area contributed by atoms with Crippen LogP contribution in [0.15, 0.2) is 42.5 Å². The highest BCUT2D eigenvalue weighted by Gasteiger charge is 2.20. The van der Waals surface area contributed by atoms with Gasteiger partial charge in [-0.25, -0.2) is 9.37 Å². The molecule has 0 aliphatic rings. The van der Waals surface area contributed by atoms with Gasteiger partial charge in [-0.2, -0.15) is 0 Å². The fourth-order valence-electron chi connectivity index (χ4n) is 2.91. The van der Waals surface area contributed by atoms with Crippen LogP contribution in [0, 0.1) is 12.7 Å². The van der Waals surface area contributed by atoms with Crippen molar-refractivity contribution in [1.29, 1.82) is 0 Å². The van der Waals surface area contributed by atoms with Crippen molar-refractivity contribution in [2.45, 2.75) is 33.2 Å². The highest BCUT2D eigenvalue weighted by atomic mass is 32.1. The molecule has 3 rings (SSSR count). The van der Waals surface area contributed by atoms with Crippen LogP contribution in [0.5, 0.6) is 5.75 Å². The van der Waals surface area contributed by atoms with Gasteiger partial charge in [0.05, 0.1) is 22.2 Å². The first-order valence-corrected chi connectivity index (χ1v) is 10.3. The monoisotopic (exact) mass is 427 g/mol. The summed E-state index contributed by atoms with van der Waals surface area (Å²) in [4.78, 5) is 29.7. The maximum atomic E-state index is 13.2. The zero-order chi connectivity index (χ0) is 21.8. The summed E-state index contributed by atoms with van der Waals surface area (Å²) in [5, 5.41) is 16.4. The average molecular weight is 428 g/mol. The Bertz CT molecular complexity index is 1080. The van der Waals surface area contributed by atoms with Crippen LogP contribution in [-0.2, 0) is 4.79 Å². The number of hydrogen-bond acceptors (Lipinski definition) is 5. The number of aromatic hydroxyl groups is 1. The van der Waals surface area contributed by atoms with Crippen molar-refractivity contribution in [3.05, 3.63) is 64.4 Å². The van der Waals surface area contributed by atoms with Gasteiger partial charge in [0.2, 0.25) is 5.91 Å². The molecule has 0 fully saturated rings. The summed E-state index contributed by atoms with van der Waals surface area (Å²) in [5.74, 6) is -1.15. The second kappa shape index (κ2) is 9.04. The molecule has 156 valence electrons. The third-order valence-electron chi connectivity index (χ3n) is 4.51. The van der Waals surface area contributed by atoms with Gasteiger partial charge in [0.15, 0.2) is 0 Å². The van der Waals surface area contributed by atoms with Gasteiger partial charge in [0.1, 0.15) is 16.6 Å². The molecule has 0 aliphatic carbocycles. The lowest BCUT2D eigenvalue weighted by Gasteiger charge is -2.14. The summed E-state index contributed by atoms with van der Waals surface area (Å²) in [6.45, 7) is 5.40. The maximum absolute atomic E-state index is 13.2. The molecule has 3 N–H and O–H groups in total. The number of rotatable bonds is 6. The molecule has 0 saturated carbocycles. The predicted molar refractivity (Wildman–Crippen MR) is 115 cm³/mol. The lowest BCUT2D eigenvalue weighted by Crippen LogP contribution is -2.26. The summed E-state index contributed by atoms with van der Waals surface area (Å²) >= 11 is 1.41. The van der Waals surface area contributed by atoms with E-state index in [1.807, 2.05) is 13.8 Å². The number of phenolic OH excluding ortho intramolecular Hbond substituents is 1. The highest BCUT2D eigenvalue weighted by molar-refractivity contribution is 7.15. The molecular weight excluding hydrogens is 405 g/mol. The SMILES string of the molecule is CCC(=O)Nc1ccc(O)c(C(=O)NC(C)c2sc(-c3ccc(F)cc3)nc2C)c1. The Morgan fingerprint density at radius 3 is 2.57 bits per heavy atom. The first-order valence-electron chi connectivity index (χ1n) is 9.45.